The number of amides is 1. The molecule has 0 saturated carbocycles. The average Bonchev–Trinajstić information content (AvgIpc) is 2.38. The van der Waals surface area contributed by atoms with Crippen LogP contribution >= 0.6 is 23.8 Å². The first-order valence-corrected chi connectivity index (χ1v) is 6.93. The second kappa shape index (κ2) is 8.67. The third-order valence-electron chi connectivity index (χ3n) is 2.35. The number of hydrogen-bond acceptors (Lipinski definition) is 2. The van der Waals surface area contributed by atoms with E-state index < -0.39 is 0 Å². The predicted octanol–water partition coefficient (Wildman–Crippen LogP) is 3.14. The number of hydrogen-bond donors (Lipinski definition) is 2. The summed E-state index contributed by atoms with van der Waals surface area (Å²) in [7, 11) is 0. The minimum Gasteiger partial charge on any atom is -0.362 e. The van der Waals surface area contributed by atoms with Gasteiger partial charge in [0.15, 0.2) is 5.11 Å². The highest BCUT2D eigenvalue weighted by Gasteiger charge is 1.99. The molecule has 3 nitrogen and oxygen atoms in total. The van der Waals surface area contributed by atoms with Crippen molar-refractivity contribution in [1.29, 1.82) is 0 Å². The van der Waals surface area contributed by atoms with Crippen LogP contribution in [0.1, 0.15) is 25.3 Å². The van der Waals surface area contributed by atoms with Crippen LogP contribution in [0.4, 0.5) is 0 Å². The van der Waals surface area contributed by atoms with Gasteiger partial charge in [0.1, 0.15) is 0 Å². The molecular weight excluding hydrogens is 280 g/mol. The molecule has 0 saturated heterocycles. The molecule has 0 spiro atoms. The Labute approximate surface area is 124 Å². The van der Waals surface area contributed by atoms with Gasteiger partial charge in [-0.25, -0.2) is 0 Å². The fraction of sp³-hybridized carbons (Fsp3) is 0.286. The van der Waals surface area contributed by atoms with E-state index in [-0.39, 0.29) is 5.91 Å². The van der Waals surface area contributed by atoms with Gasteiger partial charge in [-0.15, -0.1) is 0 Å². The molecule has 0 aliphatic heterocycles. The van der Waals surface area contributed by atoms with Crippen LogP contribution in [-0.4, -0.2) is 17.6 Å². The van der Waals surface area contributed by atoms with Gasteiger partial charge >= 0.3 is 0 Å². The van der Waals surface area contributed by atoms with Crippen LogP contribution < -0.4 is 10.6 Å². The Hall–Kier alpha value is -1.39. The molecule has 0 bridgehead atoms. The molecule has 5 heteroatoms. The molecular formula is C14H17ClN2OS. The minimum absolute atomic E-state index is 0.246. The van der Waals surface area contributed by atoms with Gasteiger partial charge in [-0.1, -0.05) is 37.1 Å². The lowest BCUT2D eigenvalue weighted by molar-refractivity contribution is -0.115. The van der Waals surface area contributed by atoms with E-state index in [0.717, 1.165) is 24.9 Å². The maximum absolute atomic E-state index is 11.6. The van der Waals surface area contributed by atoms with Crippen LogP contribution in [0.25, 0.3) is 6.08 Å². The lowest BCUT2D eigenvalue weighted by Crippen LogP contribution is -2.38. The number of thiocarbonyl (C=S) groups is 1. The summed E-state index contributed by atoms with van der Waals surface area (Å²) < 4.78 is 0. The minimum atomic E-state index is -0.246. The molecule has 1 amide bonds. The number of carbonyl (C=O) groups excluding carboxylic acids is 1. The van der Waals surface area contributed by atoms with E-state index in [0.29, 0.717) is 10.1 Å². The third-order valence-corrected chi connectivity index (χ3v) is 2.85. The maximum Gasteiger partial charge on any atom is 0.250 e. The quantitative estimate of drug-likeness (QED) is 0.498. The summed E-state index contributed by atoms with van der Waals surface area (Å²) in [6.07, 6.45) is 5.26. The van der Waals surface area contributed by atoms with Gasteiger partial charge in [-0.05, 0) is 42.4 Å². The van der Waals surface area contributed by atoms with Crippen molar-refractivity contribution in [1.82, 2.24) is 10.6 Å². The standard InChI is InChI=1S/C14H17ClN2OS/c1-2-3-10-16-14(19)17-13(18)9-6-11-4-7-12(15)8-5-11/h4-9H,2-3,10H2,1H3,(H2,16,17,18,19)/b9-6+. The van der Waals surface area contributed by atoms with Crippen molar-refractivity contribution in [2.24, 2.45) is 0 Å². The number of carbonyl (C=O) groups is 1. The topological polar surface area (TPSA) is 41.1 Å². The summed E-state index contributed by atoms with van der Waals surface area (Å²) in [4.78, 5) is 11.6. The van der Waals surface area contributed by atoms with E-state index >= 15 is 0 Å². The van der Waals surface area contributed by atoms with Gasteiger partial charge in [0, 0.05) is 17.6 Å². The Morgan fingerprint density at radius 1 is 1.37 bits per heavy atom. The molecule has 102 valence electrons. The SMILES string of the molecule is CCCCNC(=S)NC(=O)/C=C/c1ccc(Cl)cc1. The van der Waals surface area contributed by atoms with Crippen LogP contribution in [0.15, 0.2) is 30.3 Å². The molecule has 2 N–H and O–H groups in total. The molecule has 0 radical (unpaired) electrons. The van der Waals surface area contributed by atoms with E-state index in [1.165, 1.54) is 6.08 Å². The fourth-order valence-electron chi connectivity index (χ4n) is 1.32. The zero-order valence-electron chi connectivity index (χ0n) is 10.8. The number of unbranched alkanes of at least 4 members (excludes halogenated alkanes) is 1. The summed E-state index contributed by atoms with van der Waals surface area (Å²) in [5.74, 6) is -0.246. The van der Waals surface area contributed by atoms with Crippen molar-refractivity contribution in [3.63, 3.8) is 0 Å². The van der Waals surface area contributed by atoms with E-state index in [2.05, 4.69) is 17.6 Å². The first-order chi connectivity index (χ1) is 9.11. The molecule has 0 atom stereocenters. The second-order valence-corrected chi connectivity index (χ2v) is 4.83. The molecule has 0 fully saturated rings. The summed E-state index contributed by atoms with van der Waals surface area (Å²) >= 11 is 10.8. The molecule has 19 heavy (non-hydrogen) atoms. The van der Waals surface area contributed by atoms with E-state index in [1.54, 1.807) is 18.2 Å². The molecule has 0 aliphatic rings. The molecule has 0 unspecified atom stereocenters. The summed E-state index contributed by atoms with van der Waals surface area (Å²) in [6, 6.07) is 7.22. The van der Waals surface area contributed by atoms with Gasteiger partial charge in [-0.3, -0.25) is 10.1 Å². The van der Waals surface area contributed by atoms with Crippen LogP contribution in [0.3, 0.4) is 0 Å². The lowest BCUT2D eigenvalue weighted by Gasteiger charge is -2.06. The van der Waals surface area contributed by atoms with Gasteiger partial charge in [0.25, 0.3) is 0 Å². The number of benzene rings is 1. The molecule has 0 aromatic heterocycles. The lowest BCUT2D eigenvalue weighted by atomic mass is 10.2. The van der Waals surface area contributed by atoms with Crippen LogP contribution in [-0.2, 0) is 4.79 Å². The third kappa shape index (κ3) is 6.94. The van der Waals surface area contributed by atoms with Crippen LogP contribution in [0.5, 0.6) is 0 Å². The van der Waals surface area contributed by atoms with Gasteiger partial charge < -0.3 is 5.32 Å². The summed E-state index contributed by atoms with van der Waals surface area (Å²) in [6.45, 7) is 2.87. The number of halogens is 1. The van der Waals surface area contributed by atoms with Gasteiger partial charge in [-0.2, -0.15) is 0 Å². The highest BCUT2D eigenvalue weighted by molar-refractivity contribution is 7.80. The zero-order valence-corrected chi connectivity index (χ0v) is 12.4. The molecule has 1 rings (SSSR count). The summed E-state index contributed by atoms with van der Waals surface area (Å²) in [5, 5.41) is 6.59. The van der Waals surface area contributed by atoms with Gasteiger partial charge in [0.2, 0.25) is 5.91 Å². The van der Waals surface area contributed by atoms with Crippen molar-refractivity contribution < 1.29 is 4.79 Å². The molecule has 1 aromatic rings. The Bertz CT molecular complexity index is 457. The van der Waals surface area contributed by atoms with E-state index in [4.69, 9.17) is 23.8 Å². The van der Waals surface area contributed by atoms with Crippen molar-refractivity contribution >= 4 is 40.9 Å². The van der Waals surface area contributed by atoms with Crippen molar-refractivity contribution in [2.45, 2.75) is 19.8 Å². The monoisotopic (exact) mass is 296 g/mol. The number of nitrogens with one attached hydrogen (secondary N) is 2. The fourth-order valence-corrected chi connectivity index (χ4v) is 1.65. The molecule has 0 heterocycles. The van der Waals surface area contributed by atoms with Crippen LogP contribution in [0.2, 0.25) is 5.02 Å². The average molecular weight is 297 g/mol. The predicted molar refractivity (Wildman–Crippen MR) is 84.1 cm³/mol. The highest BCUT2D eigenvalue weighted by atomic mass is 35.5. The molecule has 1 aromatic carbocycles. The Morgan fingerprint density at radius 2 is 2.05 bits per heavy atom. The summed E-state index contributed by atoms with van der Waals surface area (Å²) in [5.41, 5.74) is 0.907. The largest absolute Gasteiger partial charge is 0.362 e. The van der Waals surface area contributed by atoms with Crippen molar-refractivity contribution in [3.05, 3.63) is 40.9 Å². The highest BCUT2D eigenvalue weighted by Crippen LogP contribution is 2.10. The zero-order chi connectivity index (χ0) is 14.1. The Kier molecular flexibility index (Phi) is 7.15. The van der Waals surface area contributed by atoms with Crippen LogP contribution in [0, 0.1) is 0 Å². The Balaban J connectivity index is 2.38. The Morgan fingerprint density at radius 3 is 2.68 bits per heavy atom. The smallest absolute Gasteiger partial charge is 0.250 e. The van der Waals surface area contributed by atoms with Gasteiger partial charge in [0.05, 0.1) is 0 Å². The first kappa shape index (κ1) is 15.7. The van der Waals surface area contributed by atoms with E-state index in [1.807, 2.05) is 12.1 Å². The maximum atomic E-state index is 11.6. The number of rotatable bonds is 5. The van der Waals surface area contributed by atoms with E-state index in [9.17, 15) is 4.79 Å². The second-order valence-electron chi connectivity index (χ2n) is 3.98. The van der Waals surface area contributed by atoms with Crippen molar-refractivity contribution in [3.8, 4) is 0 Å². The van der Waals surface area contributed by atoms with Crippen molar-refractivity contribution in [2.75, 3.05) is 6.54 Å². The first-order valence-electron chi connectivity index (χ1n) is 6.14. The molecule has 0 aliphatic carbocycles. The normalized spacial score (nSPS) is 10.4.